The second-order valence-electron chi connectivity index (χ2n) is 4.67. The molecule has 1 aliphatic heterocycles. The summed E-state index contributed by atoms with van der Waals surface area (Å²) in [5, 5.41) is 3.27. The van der Waals surface area contributed by atoms with Crippen LogP contribution in [0.15, 0.2) is 36.7 Å². The lowest BCUT2D eigenvalue weighted by Crippen LogP contribution is -2.27. The van der Waals surface area contributed by atoms with E-state index in [1.54, 1.807) is 19.5 Å². The van der Waals surface area contributed by atoms with Crippen molar-refractivity contribution in [3.05, 3.63) is 36.7 Å². The van der Waals surface area contributed by atoms with E-state index >= 15 is 0 Å². The predicted molar refractivity (Wildman–Crippen MR) is 75.7 cm³/mol. The average Bonchev–Trinajstić information content (AvgIpc) is 3.01. The molecule has 1 N–H and O–H groups in total. The zero-order valence-corrected chi connectivity index (χ0v) is 11.4. The van der Waals surface area contributed by atoms with E-state index in [0.29, 0.717) is 11.6 Å². The number of hydrogen-bond acceptors (Lipinski definition) is 5. The van der Waals surface area contributed by atoms with E-state index < -0.39 is 0 Å². The summed E-state index contributed by atoms with van der Waals surface area (Å²) in [4.78, 5) is 8.68. The molecule has 0 radical (unpaired) electrons. The van der Waals surface area contributed by atoms with Gasteiger partial charge in [-0.15, -0.1) is 0 Å². The van der Waals surface area contributed by atoms with Gasteiger partial charge < -0.3 is 9.47 Å². The highest BCUT2D eigenvalue weighted by Gasteiger charge is 2.15. The van der Waals surface area contributed by atoms with Crippen LogP contribution in [0.5, 0.6) is 11.5 Å². The van der Waals surface area contributed by atoms with Gasteiger partial charge in [-0.3, -0.25) is 5.32 Å². The van der Waals surface area contributed by atoms with E-state index in [1.807, 2.05) is 24.3 Å². The third-order valence-corrected chi connectivity index (χ3v) is 3.27. The summed E-state index contributed by atoms with van der Waals surface area (Å²) in [6.07, 6.45) is 5.69. The minimum Gasteiger partial charge on any atom is -0.497 e. The van der Waals surface area contributed by atoms with Crippen molar-refractivity contribution in [1.82, 2.24) is 15.3 Å². The molecule has 1 aromatic heterocycles. The van der Waals surface area contributed by atoms with Crippen LogP contribution in [0.25, 0.3) is 11.4 Å². The molecule has 1 aliphatic rings. The molecular weight excluding hydrogens is 254 g/mol. The molecule has 1 atom stereocenters. The summed E-state index contributed by atoms with van der Waals surface area (Å²) in [6, 6.07) is 7.66. The number of aromatic nitrogens is 2. The molecule has 1 saturated heterocycles. The number of nitrogens with zero attached hydrogens (tertiary/aromatic N) is 2. The standard InChI is InChI=1S/C15H17N3O2/c1-19-12-6-4-11(5-7-12)15-17-9-13(10-18-15)20-14-3-2-8-16-14/h4-7,9-10,14,16H,2-3,8H2,1H3. The Bertz CT molecular complexity index is 548. The SMILES string of the molecule is COc1ccc(-c2ncc(OC3CCCN3)cn2)cc1. The van der Waals surface area contributed by atoms with Crippen molar-refractivity contribution in [3.63, 3.8) is 0 Å². The summed E-state index contributed by atoms with van der Waals surface area (Å²) in [6.45, 7) is 1.01. The van der Waals surface area contributed by atoms with Crippen molar-refractivity contribution in [2.24, 2.45) is 0 Å². The van der Waals surface area contributed by atoms with Gasteiger partial charge in [-0.2, -0.15) is 0 Å². The van der Waals surface area contributed by atoms with Crippen molar-refractivity contribution in [2.45, 2.75) is 19.1 Å². The monoisotopic (exact) mass is 271 g/mol. The molecule has 0 saturated carbocycles. The lowest BCUT2D eigenvalue weighted by atomic mass is 10.2. The van der Waals surface area contributed by atoms with Crippen molar-refractivity contribution < 1.29 is 9.47 Å². The highest BCUT2D eigenvalue weighted by atomic mass is 16.5. The van der Waals surface area contributed by atoms with Crippen molar-refractivity contribution in [3.8, 4) is 22.9 Å². The third-order valence-electron chi connectivity index (χ3n) is 3.27. The maximum atomic E-state index is 5.75. The topological polar surface area (TPSA) is 56.3 Å². The summed E-state index contributed by atoms with van der Waals surface area (Å²) in [5.41, 5.74) is 0.955. The second-order valence-corrected chi connectivity index (χ2v) is 4.67. The molecule has 5 nitrogen and oxygen atoms in total. The van der Waals surface area contributed by atoms with Crippen LogP contribution in [0.1, 0.15) is 12.8 Å². The smallest absolute Gasteiger partial charge is 0.159 e. The largest absolute Gasteiger partial charge is 0.497 e. The van der Waals surface area contributed by atoms with E-state index in [9.17, 15) is 0 Å². The molecule has 104 valence electrons. The van der Waals surface area contributed by atoms with E-state index in [0.717, 1.165) is 30.7 Å². The van der Waals surface area contributed by atoms with Gasteiger partial charge in [0.2, 0.25) is 0 Å². The van der Waals surface area contributed by atoms with Crippen LogP contribution in [-0.2, 0) is 0 Å². The first-order chi connectivity index (χ1) is 9.85. The Balaban J connectivity index is 1.71. The molecule has 1 unspecified atom stereocenters. The van der Waals surface area contributed by atoms with Gasteiger partial charge in [0.15, 0.2) is 11.6 Å². The Morgan fingerprint density at radius 2 is 1.85 bits per heavy atom. The molecule has 0 bridgehead atoms. The van der Waals surface area contributed by atoms with Crippen molar-refractivity contribution >= 4 is 0 Å². The molecule has 1 aromatic carbocycles. The van der Waals surface area contributed by atoms with E-state index in [2.05, 4.69) is 15.3 Å². The first-order valence-corrected chi connectivity index (χ1v) is 6.72. The molecular formula is C15H17N3O2. The first-order valence-electron chi connectivity index (χ1n) is 6.72. The van der Waals surface area contributed by atoms with Gasteiger partial charge in [0.25, 0.3) is 0 Å². The molecule has 5 heteroatoms. The van der Waals surface area contributed by atoms with Crippen molar-refractivity contribution in [2.75, 3.05) is 13.7 Å². The fourth-order valence-electron chi connectivity index (χ4n) is 2.18. The van der Waals surface area contributed by atoms with Crippen LogP contribution in [-0.4, -0.2) is 29.9 Å². The Labute approximate surface area is 118 Å². The number of benzene rings is 1. The summed E-state index contributed by atoms with van der Waals surface area (Å²) in [5.74, 6) is 2.20. The predicted octanol–water partition coefficient (Wildman–Crippen LogP) is 2.24. The number of methoxy groups -OCH3 is 1. The Morgan fingerprint density at radius 3 is 2.45 bits per heavy atom. The van der Waals surface area contributed by atoms with Gasteiger partial charge in [-0.25, -0.2) is 9.97 Å². The summed E-state index contributed by atoms with van der Waals surface area (Å²) >= 11 is 0. The average molecular weight is 271 g/mol. The molecule has 20 heavy (non-hydrogen) atoms. The lowest BCUT2D eigenvalue weighted by molar-refractivity contribution is 0.186. The molecule has 2 aromatic rings. The van der Waals surface area contributed by atoms with E-state index in [4.69, 9.17) is 9.47 Å². The number of ether oxygens (including phenoxy) is 2. The van der Waals surface area contributed by atoms with Crippen LogP contribution in [0.4, 0.5) is 0 Å². The Hall–Kier alpha value is -2.14. The van der Waals surface area contributed by atoms with Gasteiger partial charge in [0.1, 0.15) is 12.0 Å². The minimum atomic E-state index is 0.0884. The van der Waals surface area contributed by atoms with Crippen LogP contribution in [0.2, 0.25) is 0 Å². The molecule has 3 rings (SSSR count). The van der Waals surface area contributed by atoms with Gasteiger partial charge in [-0.1, -0.05) is 0 Å². The Kier molecular flexibility index (Phi) is 3.78. The van der Waals surface area contributed by atoms with Crippen LogP contribution >= 0.6 is 0 Å². The van der Waals surface area contributed by atoms with E-state index in [1.165, 1.54) is 0 Å². The van der Waals surface area contributed by atoms with E-state index in [-0.39, 0.29) is 6.23 Å². The molecule has 0 amide bonds. The second kappa shape index (κ2) is 5.88. The number of hydrogen-bond donors (Lipinski definition) is 1. The zero-order chi connectivity index (χ0) is 13.8. The van der Waals surface area contributed by atoms with Gasteiger partial charge in [0.05, 0.1) is 19.5 Å². The van der Waals surface area contributed by atoms with Crippen LogP contribution in [0.3, 0.4) is 0 Å². The zero-order valence-electron chi connectivity index (χ0n) is 11.4. The fourth-order valence-corrected chi connectivity index (χ4v) is 2.18. The van der Waals surface area contributed by atoms with Gasteiger partial charge >= 0.3 is 0 Å². The molecule has 0 spiro atoms. The summed E-state index contributed by atoms with van der Waals surface area (Å²) in [7, 11) is 1.65. The number of rotatable bonds is 4. The lowest BCUT2D eigenvalue weighted by Gasteiger charge is -2.12. The molecule has 0 aliphatic carbocycles. The highest BCUT2D eigenvalue weighted by molar-refractivity contribution is 5.56. The quantitative estimate of drug-likeness (QED) is 0.924. The van der Waals surface area contributed by atoms with Crippen LogP contribution in [0, 0.1) is 0 Å². The van der Waals surface area contributed by atoms with Crippen molar-refractivity contribution in [1.29, 1.82) is 0 Å². The molecule has 1 fully saturated rings. The minimum absolute atomic E-state index is 0.0884. The summed E-state index contributed by atoms with van der Waals surface area (Å²) < 4.78 is 10.9. The Morgan fingerprint density at radius 1 is 1.10 bits per heavy atom. The fraction of sp³-hybridized carbons (Fsp3) is 0.333. The highest BCUT2D eigenvalue weighted by Crippen LogP contribution is 2.20. The first kappa shape index (κ1) is 12.9. The maximum Gasteiger partial charge on any atom is 0.159 e. The van der Waals surface area contributed by atoms with Gasteiger partial charge in [-0.05, 0) is 43.7 Å². The van der Waals surface area contributed by atoms with Crippen LogP contribution < -0.4 is 14.8 Å². The number of nitrogens with one attached hydrogen (secondary N) is 1. The maximum absolute atomic E-state index is 5.75. The van der Waals surface area contributed by atoms with Gasteiger partial charge in [0, 0.05) is 5.56 Å². The third kappa shape index (κ3) is 2.88. The normalized spacial score (nSPS) is 17.9. The molecule has 2 heterocycles.